The molecule has 0 aliphatic heterocycles. The summed E-state index contributed by atoms with van der Waals surface area (Å²) in [5.41, 5.74) is 0. The van der Waals surface area contributed by atoms with E-state index in [9.17, 15) is 0 Å². The standard InChI is InChI=1S/Ir.K.6HNO2/c;;6*2-1-3/h;;6*(H,2,3)/p-6. The molecule has 0 rings (SSSR count). The largest absolute Gasteiger partial charge is 0.444 e. The van der Waals surface area contributed by atoms with Crippen LogP contribution in [0, 0.1) is 60.7 Å². The van der Waals surface area contributed by atoms with Crippen LogP contribution in [-0.2, 0) is 20.1 Å². The Kier molecular flexibility index (Phi) is 574. The Morgan fingerprint density at radius 1 is 0.400 bits per heavy atom. The van der Waals surface area contributed by atoms with Crippen molar-refractivity contribution in [1.82, 2.24) is 0 Å². The van der Waals surface area contributed by atoms with Gasteiger partial charge in [-0.3, -0.25) is 0 Å². The van der Waals surface area contributed by atoms with Gasteiger partial charge in [0.05, 0.1) is 0 Å². The first-order valence-corrected chi connectivity index (χ1v) is 2.19. The van der Waals surface area contributed by atoms with E-state index in [2.05, 4.69) is 0 Å². The molecule has 0 heterocycles. The average Bonchev–Trinajstić information content (AvgIpc) is 2.23. The summed E-state index contributed by atoms with van der Waals surface area (Å²) in [6, 6.07) is 0. The van der Waals surface area contributed by atoms with Gasteiger partial charge >= 0.3 is 0 Å². The number of nitrogens with zero attached hydrogens (tertiary/aromatic N) is 6. The van der Waals surface area contributed by atoms with Crippen LogP contribution in [0.25, 0.3) is 0 Å². The maximum absolute atomic E-state index is 8.00. The smallest absolute Gasteiger partial charge is 0 e. The van der Waals surface area contributed by atoms with Crippen LogP contribution in [-0.4, -0.2) is 51.4 Å². The minimum absolute atomic E-state index is 0. The SMILES string of the molecule is O=N[O-].O=N[O-].O=N[O-].O=N[O-].O=N[O-].O=N[O-].[Ir].[K]. The van der Waals surface area contributed by atoms with Gasteiger partial charge in [-0.2, -0.15) is 0 Å². The first-order valence-electron chi connectivity index (χ1n) is 2.19. The Balaban J connectivity index is -0.0000000141. The molecular weight excluding hydrogens is 507 g/mol. The fourth-order valence-corrected chi connectivity index (χ4v) is 0. The fraction of sp³-hybridized carbons (Fsp3) is 0. The van der Waals surface area contributed by atoms with Crippen molar-refractivity contribution in [3.05, 3.63) is 60.7 Å². The second kappa shape index (κ2) is 224. The van der Waals surface area contributed by atoms with Crippen molar-refractivity contribution in [3.8, 4) is 0 Å². The maximum atomic E-state index is 8.00. The van der Waals surface area contributed by atoms with E-state index in [1.807, 2.05) is 0 Å². The summed E-state index contributed by atoms with van der Waals surface area (Å²) in [7, 11) is 0. The Hall–Kier alpha value is -1.31. The second-order valence-corrected chi connectivity index (χ2v) is 0.447. The summed E-state index contributed by atoms with van der Waals surface area (Å²) in [4.78, 5) is 48.0. The van der Waals surface area contributed by atoms with E-state index >= 15 is 0 Å². The zero-order chi connectivity index (χ0) is 16.2. The summed E-state index contributed by atoms with van der Waals surface area (Å²) >= 11 is 0. The van der Waals surface area contributed by atoms with E-state index < -0.39 is 0 Å². The molecule has 20 heteroatoms. The van der Waals surface area contributed by atoms with Crippen molar-refractivity contribution in [1.29, 1.82) is 0 Å². The topological polar surface area (TPSA) is 315 Å². The predicted molar refractivity (Wildman–Crippen MR) is 60.7 cm³/mol. The number of hydrogen-bond acceptors (Lipinski definition) is 18. The number of rotatable bonds is 0. The molecule has 18 nitrogen and oxygen atoms in total. The van der Waals surface area contributed by atoms with Crippen molar-refractivity contribution in [3.63, 3.8) is 0 Å². The molecule has 0 aromatic rings. The quantitative estimate of drug-likeness (QED) is 0.253. The molecule has 0 fully saturated rings. The summed E-state index contributed by atoms with van der Waals surface area (Å²) in [6.45, 7) is 0. The predicted octanol–water partition coefficient (Wildman–Crippen LogP) is 1.12. The summed E-state index contributed by atoms with van der Waals surface area (Å²) in [5.74, 6) is 0. The first kappa shape index (κ1) is 51.2. The normalized spacial score (nSPS) is 3.60. The molecule has 118 valence electrons. The molecule has 0 amide bonds. The summed E-state index contributed by atoms with van der Waals surface area (Å²) in [6.07, 6.45) is 0. The summed E-state index contributed by atoms with van der Waals surface area (Å²) < 4.78 is 0. The third-order valence-electron chi connectivity index (χ3n) is 0. The molecule has 0 bridgehead atoms. The molecule has 2 radical (unpaired) electrons. The fourth-order valence-electron chi connectivity index (χ4n) is 0. The molecule has 0 spiro atoms. The van der Waals surface area contributed by atoms with Crippen LogP contribution in [0.4, 0.5) is 0 Å². The second-order valence-electron chi connectivity index (χ2n) is 0.447. The van der Waals surface area contributed by atoms with Gasteiger partial charge in [-0.05, 0) is 0 Å². The molecule has 20 heavy (non-hydrogen) atoms. The van der Waals surface area contributed by atoms with Gasteiger partial charge in [0.1, 0.15) is 0 Å². The van der Waals surface area contributed by atoms with Gasteiger partial charge < -0.3 is 60.7 Å². The van der Waals surface area contributed by atoms with E-state index in [1.165, 1.54) is 0 Å². The zero-order valence-electron chi connectivity index (χ0n) is 8.92. The van der Waals surface area contributed by atoms with Crippen molar-refractivity contribution >= 4 is 51.4 Å². The molecular formula is IrKN6O12-6. The van der Waals surface area contributed by atoms with Gasteiger partial charge in [-0.15, -0.1) is 32.0 Å². The van der Waals surface area contributed by atoms with E-state index in [-0.39, 0.29) is 71.5 Å². The maximum Gasteiger partial charge on any atom is 0 e. The van der Waals surface area contributed by atoms with Gasteiger partial charge in [0.25, 0.3) is 0 Å². The van der Waals surface area contributed by atoms with Crippen molar-refractivity contribution in [2.75, 3.05) is 0 Å². The van der Waals surface area contributed by atoms with Crippen LogP contribution in [0.1, 0.15) is 0 Å². The van der Waals surface area contributed by atoms with Crippen LogP contribution >= 0.6 is 0 Å². The summed E-state index contributed by atoms with van der Waals surface area (Å²) in [5, 5.41) is 54.0. The Morgan fingerprint density at radius 2 is 0.400 bits per heavy atom. The van der Waals surface area contributed by atoms with Gasteiger partial charge in [-0.25, -0.2) is 0 Å². The molecule has 0 aromatic heterocycles. The first-order chi connectivity index (χ1) is 8.49. The van der Waals surface area contributed by atoms with E-state index in [4.69, 9.17) is 60.7 Å². The Bertz CT molecular complexity index is 119. The van der Waals surface area contributed by atoms with Crippen LogP contribution < -0.4 is 0 Å². The third-order valence-corrected chi connectivity index (χ3v) is 0. The number of hydrogen-bond donors (Lipinski definition) is 0. The van der Waals surface area contributed by atoms with Gasteiger partial charge in [-0.1, -0.05) is 0 Å². The van der Waals surface area contributed by atoms with Crippen LogP contribution in [0.3, 0.4) is 0 Å². The van der Waals surface area contributed by atoms with Crippen LogP contribution in [0.5, 0.6) is 0 Å². The van der Waals surface area contributed by atoms with Crippen LogP contribution in [0.2, 0.25) is 0 Å². The molecule has 0 aromatic carbocycles. The van der Waals surface area contributed by atoms with Crippen molar-refractivity contribution in [2.24, 2.45) is 32.0 Å². The zero-order valence-corrected chi connectivity index (χ0v) is 14.4. The minimum Gasteiger partial charge on any atom is -0.444 e. The van der Waals surface area contributed by atoms with Crippen molar-refractivity contribution in [2.45, 2.75) is 0 Å². The molecule has 0 aliphatic rings. The molecule has 0 saturated heterocycles. The van der Waals surface area contributed by atoms with Crippen molar-refractivity contribution < 1.29 is 20.1 Å². The minimum atomic E-state index is 0. The molecule has 0 atom stereocenters. The average molecular weight is 507 g/mol. The van der Waals surface area contributed by atoms with E-state index in [0.717, 1.165) is 32.0 Å². The van der Waals surface area contributed by atoms with E-state index in [0.29, 0.717) is 0 Å². The van der Waals surface area contributed by atoms with Gasteiger partial charge in [0, 0.05) is 71.5 Å². The monoisotopic (exact) mass is 508 g/mol. The van der Waals surface area contributed by atoms with Gasteiger partial charge in [0.15, 0.2) is 0 Å². The molecule has 0 unspecified atom stereocenters. The molecule has 0 N–H and O–H groups in total. The van der Waals surface area contributed by atoms with E-state index in [1.54, 1.807) is 0 Å². The van der Waals surface area contributed by atoms with Crippen LogP contribution in [0.15, 0.2) is 32.0 Å². The Labute approximate surface area is 162 Å². The molecule has 0 saturated carbocycles. The van der Waals surface area contributed by atoms with Gasteiger partial charge in [0.2, 0.25) is 0 Å². The third kappa shape index (κ3) is 2380. The Morgan fingerprint density at radius 3 is 0.400 bits per heavy atom. The molecule has 0 aliphatic carbocycles.